The van der Waals surface area contributed by atoms with Gasteiger partial charge in [0.15, 0.2) is 0 Å². The second kappa shape index (κ2) is 9.51. The second-order valence-electron chi connectivity index (χ2n) is 7.48. The van der Waals surface area contributed by atoms with Gasteiger partial charge in [0.25, 0.3) is 10.1 Å². The number of rotatable bonds is 8. The molecule has 0 amide bonds. The van der Waals surface area contributed by atoms with Crippen LogP contribution in [-0.2, 0) is 20.8 Å². The SMILES string of the molecule is C/C(=C\c1ccccc1)CN1CCC(n2cnn(CCOS(C)(=O)=O)c2=O)CC1. The van der Waals surface area contributed by atoms with Crippen molar-refractivity contribution in [3.8, 4) is 0 Å². The molecule has 2 aromatic rings. The maximum atomic E-state index is 12.5. The lowest BCUT2D eigenvalue weighted by Crippen LogP contribution is -2.38. The van der Waals surface area contributed by atoms with Gasteiger partial charge in [0, 0.05) is 25.7 Å². The Bertz CT molecular complexity index is 987. The number of aromatic nitrogens is 3. The molecule has 0 unspecified atom stereocenters. The molecule has 29 heavy (non-hydrogen) atoms. The minimum Gasteiger partial charge on any atom is -0.299 e. The van der Waals surface area contributed by atoms with Crippen molar-refractivity contribution < 1.29 is 12.6 Å². The van der Waals surface area contributed by atoms with E-state index in [9.17, 15) is 13.2 Å². The summed E-state index contributed by atoms with van der Waals surface area (Å²) < 4.78 is 29.6. The minimum atomic E-state index is -3.52. The van der Waals surface area contributed by atoms with Crippen LogP contribution < -0.4 is 5.69 Å². The van der Waals surface area contributed by atoms with Gasteiger partial charge < -0.3 is 0 Å². The van der Waals surface area contributed by atoms with Gasteiger partial charge >= 0.3 is 5.69 Å². The van der Waals surface area contributed by atoms with Crippen molar-refractivity contribution in [3.05, 3.63) is 58.3 Å². The highest BCUT2D eigenvalue weighted by Gasteiger charge is 2.23. The molecular formula is C20H28N4O4S. The van der Waals surface area contributed by atoms with Crippen molar-refractivity contribution >= 4 is 16.2 Å². The molecule has 1 fully saturated rings. The summed E-state index contributed by atoms with van der Waals surface area (Å²) in [6, 6.07) is 10.4. The maximum absolute atomic E-state index is 12.5. The molecule has 1 aliphatic heterocycles. The van der Waals surface area contributed by atoms with Gasteiger partial charge in [-0.1, -0.05) is 42.0 Å². The van der Waals surface area contributed by atoms with Crippen LogP contribution in [0.1, 0.15) is 31.4 Å². The Morgan fingerprint density at radius 3 is 2.59 bits per heavy atom. The summed E-state index contributed by atoms with van der Waals surface area (Å²) in [5.74, 6) is 0. The Morgan fingerprint density at radius 2 is 1.93 bits per heavy atom. The number of hydrogen-bond donors (Lipinski definition) is 0. The topological polar surface area (TPSA) is 86.4 Å². The molecule has 0 radical (unpaired) electrons. The molecule has 1 aromatic carbocycles. The largest absolute Gasteiger partial charge is 0.346 e. The molecule has 158 valence electrons. The first kappa shape index (κ1) is 21.5. The van der Waals surface area contributed by atoms with Gasteiger partial charge in [-0.15, -0.1) is 0 Å². The van der Waals surface area contributed by atoms with E-state index in [1.165, 1.54) is 15.8 Å². The lowest BCUT2D eigenvalue weighted by molar-refractivity contribution is 0.197. The van der Waals surface area contributed by atoms with Crippen LogP contribution in [0.3, 0.4) is 0 Å². The van der Waals surface area contributed by atoms with Crippen LogP contribution in [-0.4, -0.2) is 60.2 Å². The van der Waals surface area contributed by atoms with Gasteiger partial charge in [-0.2, -0.15) is 13.5 Å². The predicted octanol–water partition coefficient (Wildman–Crippen LogP) is 1.76. The third-order valence-electron chi connectivity index (χ3n) is 4.99. The zero-order valence-corrected chi connectivity index (χ0v) is 17.7. The lowest BCUT2D eigenvalue weighted by atomic mass is 10.0. The summed E-state index contributed by atoms with van der Waals surface area (Å²) in [5.41, 5.74) is 2.30. The first-order valence-corrected chi connectivity index (χ1v) is 11.6. The van der Waals surface area contributed by atoms with Gasteiger partial charge in [0.05, 0.1) is 19.4 Å². The predicted molar refractivity (Wildman–Crippen MR) is 112 cm³/mol. The van der Waals surface area contributed by atoms with Crippen LogP contribution in [0.25, 0.3) is 6.08 Å². The van der Waals surface area contributed by atoms with E-state index in [4.69, 9.17) is 0 Å². The van der Waals surface area contributed by atoms with Gasteiger partial charge in [-0.3, -0.25) is 13.7 Å². The van der Waals surface area contributed by atoms with Gasteiger partial charge in [-0.05, 0) is 25.3 Å². The minimum absolute atomic E-state index is 0.0960. The van der Waals surface area contributed by atoms with Gasteiger partial charge in [0.1, 0.15) is 6.33 Å². The van der Waals surface area contributed by atoms with E-state index in [-0.39, 0.29) is 24.9 Å². The summed E-state index contributed by atoms with van der Waals surface area (Å²) in [5, 5.41) is 4.09. The van der Waals surface area contributed by atoms with Crippen LogP contribution in [0.2, 0.25) is 0 Å². The average Bonchev–Trinajstić information content (AvgIpc) is 3.03. The molecule has 8 nitrogen and oxygen atoms in total. The highest BCUT2D eigenvalue weighted by Crippen LogP contribution is 2.21. The first-order chi connectivity index (χ1) is 13.8. The van der Waals surface area contributed by atoms with Crippen LogP contribution in [0.15, 0.2) is 47.0 Å². The highest BCUT2D eigenvalue weighted by molar-refractivity contribution is 7.85. The summed E-state index contributed by atoms with van der Waals surface area (Å²) in [6.45, 7) is 4.91. The summed E-state index contributed by atoms with van der Waals surface area (Å²) >= 11 is 0. The summed E-state index contributed by atoms with van der Waals surface area (Å²) in [6.07, 6.45) is 6.50. The van der Waals surface area contributed by atoms with E-state index in [1.807, 2.05) is 18.2 Å². The molecular weight excluding hydrogens is 392 g/mol. The maximum Gasteiger partial charge on any atom is 0.346 e. The first-order valence-electron chi connectivity index (χ1n) is 9.75. The zero-order chi connectivity index (χ0) is 20.9. The van der Waals surface area contributed by atoms with E-state index in [2.05, 4.69) is 39.3 Å². The lowest BCUT2D eigenvalue weighted by Gasteiger charge is -2.32. The summed E-state index contributed by atoms with van der Waals surface area (Å²) in [4.78, 5) is 14.9. The number of piperidine rings is 1. The fraction of sp³-hybridized carbons (Fsp3) is 0.500. The molecule has 0 atom stereocenters. The van der Waals surface area contributed by atoms with E-state index < -0.39 is 10.1 Å². The molecule has 0 saturated carbocycles. The Hall–Kier alpha value is -2.23. The number of likely N-dealkylation sites (tertiary alicyclic amines) is 1. The average molecular weight is 421 g/mol. The quantitative estimate of drug-likeness (QED) is 0.605. The Morgan fingerprint density at radius 1 is 1.24 bits per heavy atom. The van der Waals surface area contributed by atoms with Gasteiger partial charge in [-0.25, -0.2) is 9.48 Å². The molecule has 0 aliphatic carbocycles. The van der Waals surface area contributed by atoms with Crippen molar-refractivity contribution in [2.75, 3.05) is 32.5 Å². The van der Waals surface area contributed by atoms with Crippen LogP contribution in [0.5, 0.6) is 0 Å². The van der Waals surface area contributed by atoms with Gasteiger partial charge in [0.2, 0.25) is 0 Å². The van der Waals surface area contributed by atoms with Crippen molar-refractivity contribution in [1.82, 2.24) is 19.2 Å². The molecule has 0 N–H and O–H groups in total. The second-order valence-corrected chi connectivity index (χ2v) is 9.12. The molecule has 9 heteroatoms. The molecule has 1 aliphatic rings. The normalized spacial score (nSPS) is 17.0. The van der Waals surface area contributed by atoms with E-state index >= 15 is 0 Å². The Labute approximate surface area is 171 Å². The van der Waals surface area contributed by atoms with Crippen LogP contribution >= 0.6 is 0 Å². The Balaban J connectivity index is 1.52. The van der Waals surface area contributed by atoms with Crippen molar-refractivity contribution in [3.63, 3.8) is 0 Å². The number of benzene rings is 1. The molecule has 2 heterocycles. The van der Waals surface area contributed by atoms with E-state index in [1.54, 1.807) is 10.9 Å². The third-order valence-corrected chi connectivity index (χ3v) is 5.59. The van der Waals surface area contributed by atoms with E-state index in [0.29, 0.717) is 0 Å². The standard InChI is InChI=1S/C20H28N4O4S/c1-17(14-18-6-4-3-5-7-18)15-22-10-8-19(9-11-22)23-16-21-24(20(23)25)12-13-28-29(2,26)27/h3-7,14,16,19H,8-13,15H2,1-2H3/b17-14+. The number of nitrogens with zero attached hydrogens (tertiary/aromatic N) is 4. The highest BCUT2D eigenvalue weighted by atomic mass is 32.2. The third kappa shape index (κ3) is 6.38. The van der Waals surface area contributed by atoms with Crippen molar-refractivity contribution in [2.24, 2.45) is 0 Å². The van der Waals surface area contributed by atoms with E-state index in [0.717, 1.165) is 38.7 Å². The van der Waals surface area contributed by atoms with Crippen molar-refractivity contribution in [2.45, 2.75) is 32.4 Å². The monoisotopic (exact) mass is 420 g/mol. The Kier molecular flexibility index (Phi) is 7.05. The molecule has 1 aromatic heterocycles. The van der Waals surface area contributed by atoms with Crippen LogP contribution in [0, 0.1) is 0 Å². The van der Waals surface area contributed by atoms with Crippen molar-refractivity contribution in [1.29, 1.82) is 0 Å². The fourth-order valence-electron chi connectivity index (χ4n) is 3.62. The number of hydrogen-bond acceptors (Lipinski definition) is 6. The van der Waals surface area contributed by atoms with Crippen LogP contribution in [0.4, 0.5) is 0 Å². The smallest absolute Gasteiger partial charge is 0.299 e. The molecule has 0 bridgehead atoms. The zero-order valence-electron chi connectivity index (χ0n) is 16.9. The molecule has 1 saturated heterocycles. The fourth-order valence-corrected chi connectivity index (χ4v) is 3.99. The molecule has 3 rings (SSSR count). The summed E-state index contributed by atoms with van der Waals surface area (Å²) in [7, 11) is -3.52. The molecule has 0 spiro atoms.